The van der Waals surface area contributed by atoms with Gasteiger partial charge in [0.05, 0.1) is 0 Å². The van der Waals surface area contributed by atoms with E-state index >= 15 is 0 Å². The number of aryl methyl sites for hydroxylation is 1. The Bertz CT molecular complexity index is 442. The average molecular weight is 231 g/mol. The highest BCUT2D eigenvalue weighted by Gasteiger charge is 2.13. The Balaban J connectivity index is 0.000000583. The van der Waals surface area contributed by atoms with E-state index in [0.717, 1.165) is 5.56 Å². The zero-order valence-corrected chi connectivity index (χ0v) is 9.28. The molecule has 0 saturated heterocycles. The lowest BCUT2D eigenvalue weighted by molar-refractivity contribution is -0.106. The number of rotatable bonds is 1. The predicted octanol–water partition coefficient (Wildman–Crippen LogP) is -0.553. The molecule has 0 radical (unpaired) electrons. The van der Waals surface area contributed by atoms with Crippen LogP contribution < -0.4 is 10.9 Å². The molecular formula is C8H13N3O3S. The molecular weight excluding hydrogens is 218 g/mol. The molecule has 0 aliphatic heterocycles. The first-order valence-electron chi connectivity index (χ1n) is 3.95. The first-order valence-corrected chi connectivity index (χ1v) is 5.49. The fourth-order valence-corrected chi connectivity index (χ4v) is 1.69. The van der Waals surface area contributed by atoms with Gasteiger partial charge in [-0.25, -0.2) is 18.5 Å². The van der Waals surface area contributed by atoms with Crippen molar-refractivity contribution in [3.05, 3.63) is 23.4 Å². The molecule has 0 unspecified atom stereocenters. The maximum Gasteiger partial charge on any atom is 0.255 e. The smallest absolute Gasteiger partial charge is 0.255 e. The average Bonchev–Trinajstić information content (AvgIpc) is 2.09. The fourth-order valence-electron chi connectivity index (χ4n) is 0.894. The second-order valence-electron chi connectivity index (χ2n) is 2.74. The summed E-state index contributed by atoms with van der Waals surface area (Å²) in [4.78, 5) is 12.3. The molecule has 15 heavy (non-hydrogen) atoms. The van der Waals surface area contributed by atoms with Crippen LogP contribution in [0.5, 0.6) is 0 Å². The number of carbonyl (C=O) groups is 1. The number of hydrogen-bond acceptors (Lipinski definition) is 4. The van der Waals surface area contributed by atoms with Crippen LogP contribution in [0, 0.1) is 13.8 Å². The number of primary amides is 1. The minimum atomic E-state index is -3.67. The van der Waals surface area contributed by atoms with Crippen molar-refractivity contribution in [2.24, 2.45) is 10.9 Å². The van der Waals surface area contributed by atoms with Gasteiger partial charge in [0.15, 0.2) is 5.03 Å². The van der Waals surface area contributed by atoms with E-state index < -0.39 is 10.0 Å². The molecule has 7 heteroatoms. The highest BCUT2D eigenvalue weighted by molar-refractivity contribution is 7.89. The molecule has 4 N–H and O–H groups in total. The van der Waals surface area contributed by atoms with Crippen LogP contribution in [-0.4, -0.2) is 19.8 Å². The van der Waals surface area contributed by atoms with Gasteiger partial charge in [0.2, 0.25) is 6.41 Å². The topological polar surface area (TPSA) is 116 Å². The predicted molar refractivity (Wildman–Crippen MR) is 55.3 cm³/mol. The lowest BCUT2D eigenvalue weighted by Gasteiger charge is -2.03. The first kappa shape index (κ1) is 13.5. The Morgan fingerprint density at radius 1 is 1.40 bits per heavy atom. The van der Waals surface area contributed by atoms with E-state index in [1.165, 1.54) is 6.20 Å². The van der Waals surface area contributed by atoms with Gasteiger partial charge in [-0.3, -0.25) is 4.79 Å². The quantitative estimate of drug-likeness (QED) is 0.630. The third-order valence-electron chi connectivity index (χ3n) is 1.70. The molecule has 0 aliphatic carbocycles. The molecule has 1 aromatic heterocycles. The lowest BCUT2D eigenvalue weighted by atomic mass is 10.2. The van der Waals surface area contributed by atoms with E-state index in [1.54, 1.807) is 13.0 Å². The van der Waals surface area contributed by atoms with Crippen molar-refractivity contribution < 1.29 is 13.2 Å². The molecule has 6 nitrogen and oxygen atoms in total. The highest BCUT2D eigenvalue weighted by Crippen LogP contribution is 2.12. The van der Waals surface area contributed by atoms with Crippen LogP contribution in [-0.2, 0) is 14.8 Å². The van der Waals surface area contributed by atoms with Crippen LogP contribution in [0.2, 0.25) is 0 Å². The molecule has 1 amide bonds. The SMILES string of the molecule is Cc1ccnc(S(N)(=O)=O)c1C.NC=O. The number of nitrogens with two attached hydrogens (primary N) is 2. The molecule has 0 atom stereocenters. The van der Waals surface area contributed by atoms with Crippen LogP contribution in [0.3, 0.4) is 0 Å². The molecule has 0 aliphatic rings. The van der Waals surface area contributed by atoms with Crippen LogP contribution in [0.1, 0.15) is 11.1 Å². The van der Waals surface area contributed by atoms with Gasteiger partial charge in [-0.05, 0) is 31.0 Å². The van der Waals surface area contributed by atoms with Crippen LogP contribution in [0.15, 0.2) is 17.3 Å². The Labute approximate surface area is 88.4 Å². The minimum absolute atomic E-state index is 0.0394. The second-order valence-corrected chi connectivity index (χ2v) is 4.22. The summed E-state index contributed by atoms with van der Waals surface area (Å²) in [6.07, 6.45) is 1.68. The summed E-state index contributed by atoms with van der Waals surface area (Å²) in [5.41, 5.74) is 5.65. The van der Waals surface area contributed by atoms with Gasteiger partial charge in [-0.2, -0.15) is 0 Å². The Hall–Kier alpha value is -1.47. The molecule has 0 aromatic carbocycles. The van der Waals surface area contributed by atoms with Gasteiger partial charge >= 0.3 is 0 Å². The molecule has 84 valence electrons. The highest BCUT2D eigenvalue weighted by atomic mass is 32.2. The van der Waals surface area contributed by atoms with Crippen molar-refractivity contribution in [3.63, 3.8) is 0 Å². The van der Waals surface area contributed by atoms with Gasteiger partial charge in [-0.15, -0.1) is 0 Å². The number of nitrogens with zero attached hydrogens (tertiary/aromatic N) is 1. The zero-order chi connectivity index (χ0) is 12.1. The molecule has 0 spiro atoms. The third kappa shape index (κ3) is 4.05. The van der Waals surface area contributed by atoms with Crippen molar-refractivity contribution in [1.82, 2.24) is 4.98 Å². The number of aromatic nitrogens is 1. The molecule has 0 bridgehead atoms. The van der Waals surface area contributed by atoms with Crippen LogP contribution in [0.4, 0.5) is 0 Å². The summed E-state index contributed by atoms with van der Waals surface area (Å²) in [5.74, 6) is 0. The van der Waals surface area contributed by atoms with Crippen LogP contribution in [0.25, 0.3) is 0 Å². The van der Waals surface area contributed by atoms with Gasteiger partial charge < -0.3 is 5.73 Å². The number of carbonyl (C=O) groups excluding carboxylic acids is 1. The summed E-state index contributed by atoms with van der Waals surface area (Å²) in [5, 5.41) is 4.90. The monoisotopic (exact) mass is 231 g/mol. The Morgan fingerprint density at radius 2 is 1.87 bits per heavy atom. The molecule has 1 rings (SSSR count). The normalized spacial score (nSPS) is 10.1. The number of pyridine rings is 1. The van der Waals surface area contributed by atoms with Crippen molar-refractivity contribution in [1.29, 1.82) is 0 Å². The Kier molecular flexibility index (Phi) is 4.89. The second kappa shape index (κ2) is 5.42. The van der Waals surface area contributed by atoms with Gasteiger partial charge in [0, 0.05) is 6.20 Å². The van der Waals surface area contributed by atoms with Crippen molar-refractivity contribution in [2.45, 2.75) is 18.9 Å². The summed E-state index contributed by atoms with van der Waals surface area (Å²) >= 11 is 0. The maximum absolute atomic E-state index is 10.9. The summed E-state index contributed by atoms with van der Waals surface area (Å²) in [6.45, 7) is 3.49. The maximum atomic E-state index is 10.9. The minimum Gasteiger partial charge on any atom is -0.372 e. The number of hydrogen-bond donors (Lipinski definition) is 2. The van der Waals surface area contributed by atoms with Crippen molar-refractivity contribution in [2.75, 3.05) is 0 Å². The molecule has 1 heterocycles. The van der Waals surface area contributed by atoms with E-state index in [9.17, 15) is 8.42 Å². The zero-order valence-electron chi connectivity index (χ0n) is 8.47. The van der Waals surface area contributed by atoms with E-state index in [1.807, 2.05) is 6.92 Å². The molecule has 1 aromatic rings. The first-order chi connectivity index (χ1) is 6.84. The van der Waals surface area contributed by atoms with Crippen molar-refractivity contribution >= 4 is 16.4 Å². The summed E-state index contributed by atoms with van der Waals surface area (Å²) < 4.78 is 21.8. The van der Waals surface area contributed by atoms with E-state index in [0.29, 0.717) is 5.56 Å². The van der Waals surface area contributed by atoms with E-state index in [2.05, 4.69) is 10.7 Å². The number of sulfonamides is 1. The lowest BCUT2D eigenvalue weighted by Crippen LogP contribution is -2.15. The van der Waals surface area contributed by atoms with Crippen LogP contribution >= 0.6 is 0 Å². The summed E-state index contributed by atoms with van der Waals surface area (Å²) in [7, 11) is -3.67. The number of primary sulfonamides is 1. The number of amides is 1. The van der Waals surface area contributed by atoms with Gasteiger partial charge in [-0.1, -0.05) is 0 Å². The summed E-state index contributed by atoms with van der Waals surface area (Å²) in [6, 6.07) is 1.74. The largest absolute Gasteiger partial charge is 0.372 e. The van der Waals surface area contributed by atoms with Crippen molar-refractivity contribution in [3.8, 4) is 0 Å². The third-order valence-corrected chi connectivity index (χ3v) is 2.65. The molecule has 0 saturated carbocycles. The fraction of sp³-hybridized carbons (Fsp3) is 0.250. The van der Waals surface area contributed by atoms with Gasteiger partial charge in [0.25, 0.3) is 10.0 Å². The molecule has 0 fully saturated rings. The van der Waals surface area contributed by atoms with E-state index in [4.69, 9.17) is 9.93 Å². The van der Waals surface area contributed by atoms with Gasteiger partial charge in [0.1, 0.15) is 0 Å². The standard InChI is InChI=1S/C7H10N2O2S.CH3NO/c1-5-3-4-9-7(6(5)2)12(8,10)11;2-1-3/h3-4H,1-2H3,(H2,8,10,11);1H,(H2,2,3). The Morgan fingerprint density at radius 3 is 2.20 bits per heavy atom. The van der Waals surface area contributed by atoms with E-state index in [-0.39, 0.29) is 11.4 Å².